The van der Waals surface area contributed by atoms with Crippen molar-refractivity contribution >= 4 is 5.91 Å². The fourth-order valence-electron chi connectivity index (χ4n) is 3.03. The number of ether oxygens (including phenoxy) is 2. The molecule has 1 aromatic heterocycles. The van der Waals surface area contributed by atoms with Crippen LogP contribution in [0.15, 0.2) is 47.0 Å². The minimum absolute atomic E-state index is 0.0135. The number of methoxy groups -OCH3 is 2. The van der Waals surface area contributed by atoms with Gasteiger partial charge < -0.3 is 18.9 Å². The van der Waals surface area contributed by atoms with Gasteiger partial charge in [0.15, 0.2) is 0 Å². The molecule has 0 fully saturated rings. The quantitative estimate of drug-likeness (QED) is 0.579. The van der Waals surface area contributed by atoms with E-state index in [-0.39, 0.29) is 12.5 Å². The van der Waals surface area contributed by atoms with Crippen molar-refractivity contribution < 1.29 is 18.8 Å². The maximum Gasteiger partial charge on any atom is 0.246 e. The van der Waals surface area contributed by atoms with Crippen LogP contribution in [0, 0.1) is 6.92 Å². The first-order chi connectivity index (χ1) is 14.0. The minimum atomic E-state index is 0.0135. The maximum atomic E-state index is 12.5. The number of benzene rings is 2. The highest BCUT2D eigenvalue weighted by Gasteiger charge is 2.15. The molecule has 0 radical (unpaired) electrons. The summed E-state index contributed by atoms with van der Waals surface area (Å²) in [5.74, 6) is 2.43. The van der Waals surface area contributed by atoms with E-state index in [2.05, 4.69) is 10.1 Å². The second-order valence-corrected chi connectivity index (χ2v) is 6.80. The highest BCUT2D eigenvalue weighted by atomic mass is 16.5. The summed E-state index contributed by atoms with van der Waals surface area (Å²) >= 11 is 0. The zero-order valence-electron chi connectivity index (χ0n) is 17.1. The first-order valence-electron chi connectivity index (χ1n) is 9.34. The zero-order valence-corrected chi connectivity index (χ0v) is 17.1. The summed E-state index contributed by atoms with van der Waals surface area (Å²) in [6.45, 7) is 2.25. The van der Waals surface area contributed by atoms with E-state index >= 15 is 0 Å². The molecule has 3 rings (SSSR count). The molecule has 1 amide bonds. The largest absolute Gasteiger partial charge is 0.497 e. The zero-order chi connectivity index (χ0) is 20.8. The Labute approximate surface area is 170 Å². The van der Waals surface area contributed by atoms with E-state index in [0.29, 0.717) is 24.6 Å². The summed E-state index contributed by atoms with van der Waals surface area (Å²) in [4.78, 5) is 18.5. The number of aryl methyl sites for hydroxylation is 2. The van der Waals surface area contributed by atoms with Crippen molar-refractivity contribution in [1.82, 2.24) is 15.0 Å². The molecule has 7 nitrogen and oxygen atoms in total. The molecule has 3 aromatic rings. The van der Waals surface area contributed by atoms with Gasteiger partial charge >= 0.3 is 0 Å². The Bertz CT molecular complexity index is 984. The predicted octanol–water partition coefficient (Wildman–Crippen LogP) is 3.65. The topological polar surface area (TPSA) is 77.7 Å². The van der Waals surface area contributed by atoms with Crippen LogP contribution < -0.4 is 9.47 Å². The molecule has 0 atom stereocenters. The Morgan fingerprint density at radius 3 is 2.69 bits per heavy atom. The van der Waals surface area contributed by atoms with Gasteiger partial charge in [-0.1, -0.05) is 29.4 Å². The molecule has 0 N–H and O–H groups in total. The fraction of sp³-hybridized carbons (Fsp3) is 0.318. The monoisotopic (exact) mass is 395 g/mol. The first-order valence-corrected chi connectivity index (χ1v) is 9.34. The standard InChI is InChI=1S/C22H25N3O4/c1-15-12-16(8-10-19(15)28-4)9-11-21(26)25(2)14-20-23-22(24-29-20)17-6-5-7-18(13-17)27-3/h5-8,10,12-13H,9,11,14H2,1-4H3. The summed E-state index contributed by atoms with van der Waals surface area (Å²) in [6, 6.07) is 13.4. The fourth-order valence-corrected chi connectivity index (χ4v) is 3.03. The molecule has 2 aromatic carbocycles. The number of rotatable bonds is 8. The van der Waals surface area contributed by atoms with Crippen molar-refractivity contribution in [3.05, 3.63) is 59.5 Å². The Kier molecular flexibility index (Phi) is 6.49. The number of carbonyl (C=O) groups is 1. The molecule has 0 aliphatic carbocycles. The van der Waals surface area contributed by atoms with Crippen LogP contribution >= 0.6 is 0 Å². The Morgan fingerprint density at radius 2 is 1.97 bits per heavy atom. The molecule has 0 aliphatic heterocycles. The second-order valence-electron chi connectivity index (χ2n) is 6.80. The van der Waals surface area contributed by atoms with Crippen molar-refractivity contribution in [2.24, 2.45) is 0 Å². The molecule has 0 saturated carbocycles. The summed E-state index contributed by atoms with van der Waals surface area (Å²) < 4.78 is 15.8. The lowest BCUT2D eigenvalue weighted by Gasteiger charge is -2.15. The average Bonchev–Trinajstić information content (AvgIpc) is 3.20. The van der Waals surface area contributed by atoms with Crippen molar-refractivity contribution in [1.29, 1.82) is 0 Å². The van der Waals surface area contributed by atoms with Crippen LogP contribution in [0.1, 0.15) is 23.4 Å². The van der Waals surface area contributed by atoms with E-state index in [1.807, 2.05) is 49.4 Å². The Balaban J connectivity index is 1.57. The number of hydrogen-bond acceptors (Lipinski definition) is 6. The van der Waals surface area contributed by atoms with Gasteiger partial charge in [0.1, 0.15) is 11.5 Å². The average molecular weight is 395 g/mol. The number of nitrogens with zero attached hydrogens (tertiary/aromatic N) is 3. The van der Waals surface area contributed by atoms with Gasteiger partial charge in [-0.25, -0.2) is 0 Å². The highest BCUT2D eigenvalue weighted by molar-refractivity contribution is 5.76. The molecule has 0 unspecified atom stereocenters. The third kappa shape index (κ3) is 5.13. The van der Waals surface area contributed by atoms with Crippen LogP contribution in [-0.2, 0) is 17.8 Å². The molecule has 0 bridgehead atoms. The van der Waals surface area contributed by atoms with E-state index in [9.17, 15) is 4.79 Å². The number of amides is 1. The highest BCUT2D eigenvalue weighted by Crippen LogP contribution is 2.22. The normalized spacial score (nSPS) is 10.6. The summed E-state index contributed by atoms with van der Waals surface area (Å²) in [7, 11) is 4.99. The second kappa shape index (κ2) is 9.23. The van der Waals surface area contributed by atoms with Crippen molar-refractivity contribution in [2.75, 3.05) is 21.3 Å². The van der Waals surface area contributed by atoms with Gasteiger partial charge in [0.25, 0.3) is 0 Å². The van der Waals surface area contributed by atoms with Crippen LogP contribution in [0.2, 0.25) is 0 Å². The van der Waals surface area contributed by atoms with E-state index in [1.54, 1.807) is 26.2 Å². The first kappa shape index (κ1) is 20.4. The third-order valence-corrected chi connectivity index (χ3v) is 4.68. The number of carbonyl (C=O) groups excluding carboxylic acids is 1. The third-order valence-electron chi connectivity index (χ3n) is 4.68. The SMILES string of the molecule is COc1cccc(-c2noc(CN(C)C(=O)CCc3ccc(OC)c(C)c3)n2)c1. The van der Waals surface area contributed by atoms with Crippen molar-refractivity contribution in [3.63, 3.8) is 0 Å². The van der Waals surface area contributed by atoms with Gasteiger partial charge in [0.2, 0.25) is 17.6 Å². The van der Waals surface area contributed by atoms with E-state index in [1.165, 1.54) is 0 Å². The van der Waals surface area contributed by atoms with E-state index in [0.717, 1.165) is 28.2 Å². The molecule has 29 heavy (non-hydrogen) atoms. The predicted molar refractivity (Wildman–Crippen MR) is 109 cm³/mol. The summed E-state index contributed by atoms with van der Waals surface area (Å²) in [5, 5.41) is 4.00. The summed E-state index contributed by atoms with van der Waals surface area (Å²) in [6.07, 6.45) is 1.06. The van der Waals surface area contributed by atoms with Gasteiger partial charge in [-0.05, 0) is 42.7 Å². The summed E-state index contributed by atoms with van der Waals surface area (Å²) in [5.41, 5.74) is 2.95. The Hall–Kier alpha value is -3.35. The van der Waals surface area contributed by atoms with Crippen LogP contribution in [0.25, 0.3) is 11.4 Å². The molecular formula is C22H25N3O4. The molecule has 0 aliphatic rings. The van der Waals surface area contributed by atoms with Gasteiger partial charge in [-0.2, -0.15) is 4.98 Å². The van der Waals surface area contributed by atoms with Gasteiger partial charge in [0.05, 0.1) is 20.8 Å². The lowest BCUT2D eigenvalue weighted by molar-refractivity contribution is -0.130. The lowest BCUT2D eigenvalue weighted by atomic mass is 10.1. The maximum absolute atomic E-state index is 12.5. The van der Waals surface area contributed by atoms with Crippen molar-refractivity contribution in [2.45, 2.75) is 26.3 Å². The van der Waals surface area contributed by atoms with Crippen molar-refractivity contribution in [3.8, 4) is 22.9 Å². The number of aromatic nitrogens is 2. The van der Waals surface area contributed by atoms with Gasteiger partial charge in [0, 0.05) is 19.0 Å². The van der Waals surface area contributed by atoms with Crippen LogP contribution in [0.3, 0.4) is 0 Å². The number of hydrogen-bond donors (Lipinski definition) is 0. The molecule has 0 spiro atoms. The van der Waals surface area contributed by atoms with E-state index in [4.69, 9.17) is 14.0 Å². The minimum Gasteiger partial charge on any atom is -0.497 e. The lowest BCUT2D eigenvalue weighted by Crippen LogP contribution is -2.26. The molecule has 152 valence electrons. The van der Waals surface area contributed by atoms with Gasteiger partial charge in [-0.15, -0.1) is 0 Å². The molecule has 7 heteroatoms. The Morgan fingerprint density at radius 1 is 1.14 bits per heavy atom. The van der Waals surface area contributed by atoms with Gasteiger partial charge in [-0.3, -0.25) is 4.79 Å². The van der Waals surface area contributed by atoms with Crippen LogP contribution in [0.5, 0.6) is 11.5 Å². The van der Waals surface area contributed by atoms with Crippen LogP contribution in [-0.4, -0.2) is 42.2 Å². The van der Waals surface area contributed by atoms with E-state index < -0.39 is 0 Å². The molecular weight excluding hydrogens is 370 g/mol. The van der Waals surface area contributed by atoms with Crippen LogP contribution in [0.4, 0.5) is 0 Å². The molecule has 1 heterocycles. The smallest absolute Gasteiger partial charge is 0.246 e. The molecule has 0 saturated heterocycles.